The number of para-hydroxylation sites is 1. The Balaban J connectivity index is 0.000000190. The summed E-state index contributed by atoms with van der Waals surface area (Å²) in [5.74, 6) is 1.07. The third-order valence-corrected chi connectivity index (χ3v) is 7.18. The number of benzene rings is 2. The summed E-state index contributed by atoms with van der Waals surface area (Å²) in [5, 5.41) is 11.3. The highest BCUT2D eigenvalue weighted by Gasteiger charge is 2.35. The van der Waals surface area contributed by atoms with Crippen molar-refractivity contribution in [2.45, 2.75) is 45.2 Å². The third kappa shape index (κ3) is 4.55. The van der Waals surface area contributed by atoms with Crippen LogP contribution < -0.4 is 15.5 Å². The van der Waals surface area contributed by atoms with Crippen molar-refractivity contribution in [1.82, 2.24) is 4.98 Å². The molecule has 3 aliphatic rings. The molecule has 2 fully saturated rings. The van der Waals surface area contributed by atoms with Crippen LogP contribution in [0.5, 0.6) is 0 Å². The summed E-state index contributed by atoms with van der Waals surface area (Å²) in [7, 11) is 0. The highest BCUT2D eigenvalue weighted by atomic mass is 16.3. The number of anilines is 2. The number of hydrogen-bond donors (Lipinski definition) is 2. The zero-order valence-corrected chi connectivity index (χ0v) is 19.6. The van der Waals surface area contributed by atoms with Gasteiger partial charge in [-0.25, -0.2) is 0 Å². The molecule has 33 heavy (non-hydrogen) atoms. The number of nitrogens with two attached hydrogens (primary N) is 1. The van der Waals surface area contributed by atoms with Crippen molar-refractivity contribution >= 4 is 28.4 Å². The summed E-state index contributed by atoms with van der Waals surface area (Å²) in [4.78, 5) is 9.08. The zero-order valence-electron chi connectivity index (χ0n) is 19.6. The second kappa shape index (κ2) is 9.06. The fourth-order valence-corrected chi connectivity index (χ4v) is 5.18. The van der Waals surface area contributed by atoms with Crippen LogP contribution in [-0.4, -0.2) is 41.8 Å². The van der Waals surface area contributed by atoms with Gasteiger partial charge in [0.25, 0.3) is 0 Å². The number of rotatable bonds is 3. The van der Waals surface area contributed by atoms with Crippen LogP contribution in [0.2, 0.25) is 0 Å². The summed E-state index contributed by atoms with van der Waals surface area (Å²) < 4.78 is 0. The largest absolute Gasteiger partial charge is 0.510 e. The molecule has 1 saturated heterocycles. The van der Waals surface area contributed by atoms with Crippen molar-refractivity contribution in [1.29, 1.82) is 0 Å². The zero-order chi connectivity index (χ0) is 22.9. The lowest BCUT2D eigenvalue weighted by atomic mass is 9.99. The fourth-order valence-electron chi connectivity index (χ4n) is 5.18. The molecule has 2 aliphatic heterocycles. The highest BCUT2D eigenvalue weighted by Crippen LogP contribution is 2.43. The van der Waals surface area contributed by atoms with E-state index in [2.05, 4.69) is 52.9 Å². The van der Waals surface area contributed by atoms with Crippen LogP contribution in [0.25, 0.3) is 17.0 Å². The lowest BCUT2D eigenvalue weighted by Crippen LogP contribution is -2.33. The SMILES string of the molecule is Cc1c(N2CC[C@@H](C(C)N)C2)ccc2c1N(C1CC1)CC(O)=C2.c1ccc2ncccc2c1. The van der Waals surface area contributed by atoms with Crippen molar-refractivity contribution < 1.29 is 5.11 Å². The van der Waals surface area contributed by atoms with Crippen molar-refractivity contribution in [2.75, 3.05) is 29.4 Å². The molecule has 1 aliphatic carbocycles. The first-order valence-corrected chi connectivity index (χ1v) is 12.1. The van der Waals surface area contributed by atoms with Crippen LogP contribution >= 0.6 is 0 Å². The van der Waals surface area contributed by atoms with E-state index in [0.717, 1.165) is 24.2 Å². The van der Waals surface area contributed by atoms with Gasteiger partial charge in [-0.2, -0.15) is 0 Å². The Hall–Kier alpha value is -3.05. The number of fused-ring (bicyclic) bond motifs is 2. The normalized spacial score (nSPS) is 20.7. The van der Waals surface area contributed by atoms with E-state index >= 15 is 0 Å². The minimum Gasteiger partial charge on any atom is -0.510 e. The first-order valence-electron chi connectivity index (χ1n) is 12.1. The smallest absolute Gasteiger partial charge is 0.112 e. The lowest BCUT2D eigenvalue weighted by Gasteiger charge is -2.33. The van der Waals surface area contributed by atoms with Crippen LogP contribution in [0.15, 0.2) is 60.5 Å². The number of aromatic nitrogens is 1. The quantitative estimate of drug-likeness (QED) is 0.577. The van der Waals surface area contributed by atoms with E-state index in [0.29, 0.717) is 24.3 Å². The predicted octanol–water partition coefficient (Wildman–Crippen LogP) is 5.28. The van der Waals surface area contributed by atoms with E-state index in [9.17, 15) is 5.11 Å². The maximum Gasteiger partial charge on any atom is 0.112 e. The maximum atomic E-state index is 10.1. The Morgan fingerprint density at radius 1 is 1.06 bits per heavy atom. The van der Waals surface area contributed by atoms with Crippen molar-refractivity contribution in [3.63, 3.8) is 0 Å². The summed E-state index contributed by atoms with van der Waals surface area (Å²) in [5.41, 5.74) is 12.3. The average Bonchev–Trinajstić information content (AvgIpc) is 3.55. The van der Waals surface area contributed by atoms with Crippen molar-refractivity contribution in [2.24, 2.45) is 11.7 Å². The second-order valence-electron chi connectivity index (χ2n) is 9.69. The van der Waals surface area contributed by atoms with Gasteiger partial charge in [0.05, 0.1) is 12.1 Å². The molecule has 1 saturated carbocycles. The summed E-state index contributed by atoms with van der Waals surface area (Å²) in [6, 6.07) is 17.3. The van der Waals surface area contributed by atoms with Gasteiger partial charge in [-0.3, -0.25) is 4.98 Å². The van der Waals surface area contributed by atoms with Gasteiger partial charge in [0.1, 0.15) is 5.76 Å². The number of aliphatic hydroxyl groups is 1. The lowest BCUT2D eigenvalue weighted by molar-refractivity contribution is 0.401. The van der Waals surface area contributed by atoms with E-state index < -0.39 is 0 Å². The van der Waals surface area contributed by atoms with E-state index in [1.54, 1.807) is 0 Å². The molecular formula is C28H34N4O. The fraction of sp³-hybridized carbons (Fsp3) is 0.393. The van der Waals surface area contributed by atoms with Gasteiger partial charge in [-0.1, -0.05) is 30.3 Å². The molecule has 5 nitrogen and oxygen atoms in total. The molecule has 172 valence electrons. The van der Waals surface area contributed by atoms with Crippen LogP contribution in [0.3, 0.4) is 0 Å². The molecule has 3 aromatic rings. The standard InChI is InChI=1S/C19H27N3O.C9H7N/c1-12-18(21-8-7-15(10-21)13(2)20)6-3-14-9-17(23)11-22(19(12)14)16-4-5-16;1-2-6-9-8(4-1)5-3-7-10-9/h3,6,9,13,15-16,23H,4-5,7-8,10-11,20H2,1-2H3;1-7H/t13?,15-;/m1./s1. The number of aliphatic hydroxyl groups excluding tert-OH is 1. The predicted molar refractivity (Wildman–Crippen MR) is 138 cm³/mol. The van der Waals surface area contributed by atoms with Gasteiger partial charge in [0, 0.05) is 53.7 Å². The van der Waals surface area contributed by atoms with Crippen LogP contribution in [0, 0.1) is 12.8 Å². The van der Waals surface area contributed by atoms with Gasteiger partial charge >= 0.3 is 0 Å². The van der Waals surface area contributed by atoms with Gasteiger partial charge in [0.2, 0.25) is 0 Å². The van der Waals surface area contributed by atoms with Gasteiger partial charge < -0.3 is 20.6 Å². The molecule has 2 atom stereocenters. The van der Waals surface area contributed by atoms with Gasteiger partial charge in [-0.05, 0) is 68.9 Å². The van der Waals surface area contributed by atoms with E-state index in [1.807, 2.05) is 36.5 Å². The molecule has 0 amide bonds. The maximum absolute atomic E-state index is 10.1. The van der Waals surface area contributed by atoms with Gasteiger partial charge in [0.15, 0.2) is 0 Å². The Bertz CT molecular complexity index is 1100. The number of pyridine rings is 1. The second-order valence-corrected chi connectivity index (χ2v) is 9.69. The van der Waals surface area contributed by atoms with Crippen molar-refractivity contribution in [3.8, 4) is 0 Å². The summed E-state index contributed by atoms with van der Waals surface area (Å²) >= 11 is 0. The number of hydrogen-bond acceptors (Lipinski definition) is 5. The Morgan fingerprint density at radius 3 is 2.58 bits per heavy atom. The Labute approximate surface area is 196 Å². The summed E-state index contributed by atoms with van der Waals surface area (Å²) in [6.45, 7) is 7.16. The minimum absolute atomic E-state index is 0.265. The van der Waals surface area contributed by atoms with Crippen LogP contribution in [-0.2, 0) is 0 Å². The molecule has 3 N–H and O–H groups in total. The van der Waals surface area contributed by atoms with Gasteiger partial charge in [-0.15, -0.1) is 0 Å². The first kappa shape index (κ1) is 21.8. The number of nitrogens with zero attached hydrogens (tertiary/aromatic N) is 3. The average molecular weight is 443 g/mol. The molecule has 2 aromatic carbocycles. The molecule has 0 bridgehead atoms. The molecule has 1 unspecified atom stereocenters. The van der Waals surface area contributed by atoms with E-state index in [4.69, 9.17) is 5.73 Å². The first-order chi connectivity index (χ1) is 16.0. The van der Waals surface area contributed by atoms with E-state index in [1.165, 1.54) is 41.6 Å². The summed E-state index contributed by atoms with van der Waals surface area (Å²) in [6.07, 6.45) is 7.41. The Morgan fingerprint density at radius 2 is 1.85 bits per heavy atom. The molecular weight excluding hydrogens is 408 g/mol. The van der Waals surface area contributed by atoms with E-state index in [-0.39, 0.29) is 6.04 Å². The van der Waals surface area contributed by atoms with Crippen LogP contribution in [0.4, 0.5) is 11.4 Å². The third-order valence-electron chi connectivity index (χ3n) is 7.18. The minimum atomic E-state index is 0.265. The topological polar surface area (TPSA) is 65.6 Å². The molecule has 6 rings (SSSR count). The monoisotopic (exact) mass is 442 g/mol. The molecule has 3 heterocycles. The highest BCUT2D eigenvalue weighted by molar-refractivity contribution is 5.81. The van der Waals surface area contributed by atoms with Crippen LogP contribution in [0.1, 0.15) is 37.3 Å². The molecule has 5 heteroatoms. The molecule has 0 spiro atoms. The molecule has 1 aromatic heterocycles. The van der Waals surface area contributed by atoms with Crippen molar-refractivity contribution in [3.05, 3.63) is 71.6 Å². The molecule has 0 radical (unpaired) electrons. The Kier molecular flexibility index (Phi) is 5.98.